The summed E-state index contributed by atoms with van der Waals surface area (Å²) in [5.41, 5.74) is 0.438. The van der Waals surface area contributed by atoms with Crippen LogP contribution in [0, 0.1) is 23.0 Å². The third kappa shape index (κ3) is 4.05. The van der Waals surface area contributed by atoms with Crippen LogP contribution in [0.25, 0.3) is 0 Å². The van der Waals surface area contributed by atoms with Crippen molar-refractivity contribution in [2.45, 2.75) is 19.4 Å². The largest absolute Gasteiger partial charge is 0.313 e. The molecule has 0 amide bonds. The summed E-state index contributed by atoms with van der Waals surface area (Å²) in [7, 11) is 0. The van der Waals surface area contributed by atoms with Crippen molar-refractivity contribution in [1.29, 1.82) is 5.26 Å². The van der Waals surface area contributed by atoms with Crippen LogP contribution in [0.15, 0.2) is 18.2 Å². The molecule has 1 aromatic rings. The van der Waals surface area contributed by atoms with E-state index in [-0.39, 0.29) is 0 Å². The summed E-state index contributed by atoms with van der Waals surface area (Å²) in [6.45, 7) is 1.02. The van der Waals surface area contributed by atoms with Crippen LogP contribution in [-0.4, -0.2) is 6.54 Å². The highest BCUT2D eigenvalue weighted by atomic mass is 19.1. The Balaban J connectivity index is 2.35. The van der Waals surface area contributed by atoms with Crippen LogP contribution in [0.5, 0.6) is 0 Å². The zero-order chi connectivity index (χ0) is 11.1. The Labute approximate surface area is 87.5 Å². The van der Waals surface area contributed by atoms with Crippen molar-refractivity contribution in [3.8, 4) is 6.07 Å². The molecule has 0 spiro atoms. The summed E-state index contributed by atoms with van der Waals surface area (Å²) in [6.07, 6.45) is 1.22. The summed E-state index contributed by atoms with van der Waals surface area (Å²) in [5.74, 6) is -1.11. The third-order valence-electron chi connectivity index (χ3n) is 1.97. The van der Waals surface area contributed by atoms with Gasteiger partial charge in [0.25, 0.3) is 0 Å². The fraction of sp³-hybridized carbons (Fsp3) is 0.364. The molecule has 0 saturated carbocycles. The van der Waals surface area contributed by atoms with Gasteiger partial charge in [-0.25, -0.2) is 8.78 Å². The second kappa shape index (κ2) is 6.10. The number of nitrogens with one attached hydrogen (secondary N) is 1. The molecule has 0 bridgehead atoms. The first-order valence-corrected chi connectivity index (χ1v) is 4.75. The monoisotopic (exact) mass is 210 g/mol. The van der Waals surface area contributed by atoms with Gasteiger partial charge in [0, 0.05) is 24.6 Å². The minimum Gasteiger partial charge on any atom is -0.313 e. The van der Waals surface area contributed by atoms with Crippen LogP contribution in [0.4, 0.5) is 8.78 Å². The molecule has 2 nitrogen and oxygen atoms in total. The Morgan fingerprint density at radius 3 is 2.80 bits per heavy atom. The molecule has 0 saturated heterocycles. The van der Waals surface area contributed by atoms with Crippen molar-refractivity contribution in [1.82, 2.24) is 5.32 Å². The number of unbranched alkanes of at least 4 members (excludes halogenated alkanes) is 1. The van der Waals surface area contributed by atoms with Crippen LogP contribution in [-0.2, 0) is 6.54 Å². The lowest BCUT2D eigenvalue weighted by molar-refractivity contribution is 0.558. The van der Waals surface area contributed by atoms with Gasteiger partial charge in [-0.15, -0.1) is 0 Å². The van der Waals surface area contributed by atoms with Crippen molar-refractivity contribution >= 4 is 0 Å². The Kier molecular flexibility index (Phi) is 4.72. The molecule has 15 heavy (non-hydrogen) atoms. The van der Waals surface area contributed by atoms with E-state index in [0.717, 1.165) is 12.5 Å². The maximum Gasteiger partial charge on any atom is 0.130 e. The van der Waals surface area contributed by atoms with E-state index in [1.165, 1.54) is 12.1 Å². The molecule has 0 heterocycles. The highest BCUT2D eigenvalue weighted by Gasteiger charge is 2.02. The molecule has 0 unspecified atom stereocenters. The Morgan fingerprint density at radius 1 is 1.33 bits per heavy atom. The van der Waals surface area contributed by atoms with Crippen molar-refractivity contribution in [2.75, 3.05) is 6.54 Å². The second-order valence-corrected chi connectivity index (χ2v) is 3.17. The van der Waals surface area contributed by atoms with Gasteiger partial charge in [-0.2, -0.15) is 5.26 Å². The van der Waals surface area contributed by atoms with Gasteiger partial charge in [-0.3, -0.25) is 0 Å². The quantitative estimate of drug-likeness (QED) is 0.757. The lowest BCUT2D eigenvalue weighted by Crippen LogP contribution is -2.15. The normalized spacial score (nSPS) is 9.93. The Morgan fingerprint density at radius 2 is 2.13 bits per heavy atom. The first-order chi connectivity index (χ1) is 7.24. The summed E-state index contributed by atoms with van der Waals surface area (Å²) in [4.78, 5) is 0. The number of rotatable bonds is 5. The van der Waals surface area contributed by atoms with E-state index in [0.29, 0.717) is 25.1 Å². The van der Waals surface area contributed by atoms with Crippen LogP contribution in [0.1, 0.15) is 18.4 Å². The zero-order valence-electron chi connectivity index (χ0n) is 8.26. The van der Waals surface area contributed by atoms with E-state index in [9.17, 15) is 8.78 Å². The molecule has 4 heteroatoms. The predicted octanol–water partition coefficient (Wildman–Crippen LogP) is 2.36. The maximum absolute atomic E-state index is 13.1. The molecule has 0 radical (unpaired) electrons. The number of nitriles is 1. The minimum absolute atomic E-state index is 0.359. The summed E-state index contributed by atoms with van der Waals surface area (Å²) >= 11 is 0. The van der Waals surface area contributed by atoms with Gasteiger partial charge in [0.15, 0.2) is 0 Å². The molecule has 0 fully saturated rings. The molecule has 1 rings (SSSR count). The van der Waals surface area contributed by atoms with Crippen LogP contribution in [0.3, 0.4) is 0 Å². The summed E-state index contributed by atoms with van der Waals surface area (Å²) < 4.78 is 25.6. The second-order valence-electron chi connectivity index (χ2n) is 3.17. The molecule has 0 aromatic heterocycles. The molecule has 1 aromatic carbocycles. The topological polar surface area (TPSA) is 35.8 Å². The molecule has 80 valence electrons. The van der Waals surface area contributed by atoms with Crippen molar-refractivity contribution in [3.05, 3.63) is 35.4 Å². The predicted molar refractivity (Wildman–Crippen MR) is 52.9 cm³/mol. The SMILES string of the molecule is N#CCCCNCc1ccc(F)cc1F. The highest BCUT2D eigenvalue weighted by molar-refractivity contribution is 5.18. The standard InChI is InChI=1S/C11H12F2N2/c12-10-4-3-9(11(13)7-10)8-15-6-2-1-5-14/h3-4,7,15H,1-2,6,8H2. The minimum atomic E-state index is -0.569. The number of hydrogen-bond donors (Lipinski definition) is 1. The molecule has 0 atom stereocenters. The molecular weight excluding hydrogens is 198 g/mol. The first-order valence-electron chi connectivity index (χ1n) is 4.75. The molecular formula is C11H12F2N2. The Hall–Kier alpha value is -1.47. The average molecular weight is 210 g/mol. The number of hydrogen-bond acceptors (Lipinski definition) is 2. The van der Waals surface area contributed by atoms with E-state index in [2.05, 4.69) is 5.32 Å². The third-order valence-corrected chi connectivity index (χ3v) is 1.97. The van der Waals surface area contributed by atoms with E-state index in [1.54, 1.807) is 0 Å². The van der Waals surface area contributed by atoms with E-state index in [1.807, 2.05) is 6.07 Å². The summed E-state index contributed by atoms with van der Waals surface area (Å²) in [5, 5.41) is 11.3. The fourth-order valence-electron chi connectivity index (χ4n) is 1.18. The average Bonchev–Trinajstić information content (AvgIpc) is 2.20. The number of benzene rings is 1. The maximum atomic E-state index is 13.1. The van der Waals surface area contributed by atoms with E-state index in [4.69, 9.17) is 5.26 Å². The van der Waals surface area contributed by atoms with Gasteiger partial charge >= 0.3 is 0 Å². The van der Waals surface area contributed by atoms with Crippen molar-refractivity contribution in [3.63, 3.8) is 0 Å². The van der Waals surface area contributed by atoms with Gasteiger partial charge in [0.2, 0.25) is 0 Å². The van der Waals surface area contributed by atoms with Crippen molar-refractivity contribution in [2.24, 2.45) is 0 Å². The van der Waals surface area contributed by atoms with Crippen LogP contribution in [0.2, 0.25) is 0 Å². The molecule has 0 aliphatic heterocycles. The summed E-state index contributed by atoms with van der Waals surface area (Å²) in [6, 6.07) is 5.54. The van der Waals surface area contributed by atoms with Gasteiger partial charge in [0.1, 0.15) is 11.6 Å². The fourth-order valence-corrected chi connectivity index (χ4v) is 1.18. The van der Waals surface area contributed by atoms with Gasteiger partial charge in [-0.05, 0) is 19.0 Å². The van der Waals surface area contributed by atoms with Crippen molar-refractivity contribution < 1.29 is 8.78 Å². The van der Waals surface area contributed by atoms with Gasteiger partial charge in [0.05, 0.1) is 6.07 Å². The first kappa shape index (κ1) is 11.6. The van der Waals surface area contributed by atoms with Gasteiger partial charge in [-0.1, -0.05) is 6.07 Å². The van der Waals surface area contributed by atoms with E-state index < -0.39 is 11.6 Å². The molecule has 0 aliphatic carbocycles. The van der Waals surface area contributed by atoms with Crippen LogP contribution < -0.4 is 5.32 Å². The highest BCUT2D eigenvalue weighted by Crippen LogP contribution is 2.08. The smallest absolute Gasteiger partial charge is 0.130 e. The van der Waals surface area contributed by atoms with Gasteiger partial charge < -0.3 is 5.32 Å². The lowest BCUT2D eigenvalue weighted by Gasteiger charge is -2.04. The van der Waals surface area contributed by atoms with E-state index >= 15 is 0 Å². The van der Waals surface area contributed by atoms with Crippen LogP contribution >= 0.6 is 0 Å². The lowest BCUT2D eigenvalue weighted by atomic mass is 10.2. The zero-order valence-corrected chi connectivity index (χ0v) is 8.26. The number of nitrogens with zero attached hydrogens (tertiary/aromatic N) is 1. The molecule has 1 N–H and O–H groups in total. The molecule has 0 aliphatic rings. The Bertz CT molecular complexity index is 358. The number of halogens is 2.